The van der Waals surface area contributed by atoms with Crippen LogP contribution in [0.15, 0.2) is 11.1 Å². The highest BCUT2D eigenvalue weighted by Crippen LogP contribution is 2.39. The van der Waals surface area contributed by atoms with Crippen molar-refractivity contribution in [3.63, 3.8) is 0 Å². The van der Waals surface area contributed by atoms with Crippen molar-refractivity contribution in [3.8, 4) is 0 Å². The van der Waals surface area contributed by atoms with Gasteiger partial charge >= 0.3 is 0 Å². The van der Waals surface area contributed by atoms with Crippen LogP contribution < -0.4 is 11.3 Å². The van der Waals surface area contributed by atoms with Crippen molar-refractivity contribution in [1.29, 1.82) is 0 Å². The Morgan fingerprint density at radius 3 is 2.91 bits per heavy atom. The zero-order valence-corrected chi connectivity index (χ0v) is 11.5. The van der Waals surface area contributed by atoms with Gasteiger partial charge < -0.3 is 30.8 Å². The number of nitrogens with zero attached hydrogens (tertiary/aromatic N) is 2. The monoisotopic (exact) mass is 314 g/mol. The van der Waals surface area contributed by atoms with Crippen molar-refractivity contribution in [2.45, 2.75) is 31.0 Å². The van der Waals surface area contributed by atoms with Crippen molar-refractivity contribution < 1.29 is 24.4 Å². The van der Waals surface area contributed by atoms with Crippen LogP contribution in [0.4, 0.5) is 10.2 Å². The third-order valence-corrected chi connectivity index (χ3v) is 3.89. The van der Waals surface area contributed by atoms with Gasteiger partial charge in [0.25, 0.3) is 5.56 Å². The molecule has 2 aromatic heterocycles. The topological polar surface area (TPSA) is 147 Å². The highest BCUT2D eigenvalue weighted by molar-refractivity contribution is 5.77. The maximum atomic E-state index is 14.2. The van der Waals surface area contributed by atoms with Gasteiger partial charge in [-0.05, 0) is 6.92 Å². The molecule has 0 spiro atoms. The number of aromatic amines is 1. The Labute approximate surface area is 122 Å². The van der Waals surface area contributed by atoms with E-state index in [9.17, 15) is 19.4 Å². The summed E-state index contributed by atoms with van der Waals surface area (Å²) in [4.78, 5) is 17.7. The number of pyridine rings is 1. The second kappa shape index (κ2) is 4.74. The van der Waals surface area contributed by atoms with E-state index in [1.54, 1.807) is 0 Å². The van der Waals surface area contributed by atoms with Gasteiger partial charge in [-0.2, -0.15) is 0 Å². The summed E-state index contributed by atoms with van der Waals surface area (Å²) in [6.07, 6.45) is -2.60. The fourth-order valence-electron chi connectivity index (χ4n) is 2.68. The molecule has 1 aliphatic heterocycles. The van der Waals surface area contributed by atoms with Crippen LogP contribution in [0.25, 0.3) is 11.0 Å². The highest BCUT2D eigenvalue weighted by Gasteiger charge is 2.53. The summed E-state index contributed by atoms with van der Waals surface area (Å²) in [6.45, 7) is 0.740. The molecule has 0 radical (unpaired) electrons. The molecule has 0 bridgehead atoms. The predicted octanol–water partition coefficient (Wildman–Crippen LogP) is -1.55. The van der Waals surface area contributed by atoms with Gasteiger partial charge in [0.05, 0.1) is 12.9 Å². The minimum absolute atomic E-state index is 0.215. The summed E-state index contributed by atoms with van der Waals surface area (Å²) in [5.41, 5.74) is 2.41. The maximum Gasteiger partial charge on any atom is 0.277 e. The summed E-state index contributed by atoms with van der Waals surface area (Å²) in [5.74, 6) is -1.40. The Hall–Kier alpha value is -2.01. The Morgan fingerprint density at radius 1 is 1.64 bits per heavy atom. The lowest BCUT2D eigenvalue weighted by atomic mass is 9.96. The molecule has 0 aromatic carbocycles. The molecular formula is C12H15FN4O5. The number of hydrogen-bond acceptors (Lipinski definition) is 7. The molecule has 4 atom stereocenters. The van der Waals surface area contributed by atoms with Gasteiger partial charge in [-0.3, -0.25) is 9.36 Å². The average molecular weight is 314 g/mol. The standard InChI is InChI=1S/C12H15FN4O5/c1-12(21)8(19)4(2-18)22-11(12)17-3-15-6-7(17)5(13)9(14)16-10(6)20/h3-4,8,11,18-19,21H,2H2,1H3,(H3,14,16,20)/t4-,8-,11-,12-/m1/s1. The molecule has 10 heteroatoms. The van der Waals surface area contributed by atoms with Gasteiger partial charge in [-0.15, -0.1) is 0 Å². The third-order valence-electron chi connectivity index (χ3n) is 3.89. The molecule has 3 heterocycles. The number of halogens is 1. The second-order valence-corrected chi connectivity index (χ2v) is 5.41. The first-order chi connectivity index (χ1) is 10.3. The van der Waals surface area contributed by atoms with Crippen molar-refractivity contribution in [1.82, 2.24) is 14.5 Å². The van der Waals surface area contributed by atoms with Crippen LogP contribution in [-0.4, -0.2) is 54.3 Å². The minimum Gasteiger partial charge on any atom is -0.394 e. The first-order valence-electron chi connectivity index (χ1n) is 6.49. The Kier molecular flexibility index (Phi) is 3.22. The first-order valence-corrected chi connectivity index (χ1v) is 6.49. The Balaban J connectivity index is 2.22. The number of ether oxygens (including phenoxy) is 1. The lowest BCUT2D eigenvalue weighted by Crippen LogP contribution is -2.44. The lowest BCUT2D eigenvalue weighted by Gasteiger charge is -2.27. The molecule has 1 fully saturated rings. The second-order valence-electron chi connectivity index (χ2n) is 5.41. The van der Waals surface area contributed by atoms with Gasteiger partial charge in [0, 0.05) is 0 Å². The van der Waals surface area contributed by atoms with Crippen LogP contribution in [0, 0.1) is 5.82 Å². The number of fused-ring (bicyclic) bond motifs is 1. The molecule has 1 saturated heterocycles. The number of aliphatic hydroxyl groups excluding tert-OH is 2. The number of hydrogen-bond donors (Lipinski definition) is 5. The molecule has 1 aliphatic rings. The summed E-state index contributed by atoms with van der Waals surface area (Å²) in [5, 5.41) is 29.6. The van der Waals surface area contributed by atoms with E-state index in [2.05, 4.69) is 9.97 Å². The highest BCUT2D eigenvalue weighted by atomic mass is 19.1. The van der Waals surface area contributed by atoms with E-state index in [0.29, 0.717) is 0 Å². The number of rotatable bonds is 2. The molecule has 0 aliphatic carbocycles. The van der Waals surface area contributed by atoms with Crippen molar-refractivity contribution in [2.24, 2.45) is 0 Å². The van der Waals surface area contributed by atoms with Crippen molar-refractivity contribution in [3.05, 3.63) is 22.5 Å². The van der Waals surface area contributed by atoms with Crippen LogP contribution in [-0.2, 0) is 4.74 Å². The van der Waals surface area contributed by atoms with Crippen LogP contribution >= 0.6 is 0 Å². The molecule has 120 valence electrons. The molecule has 0 amide bonds. The normalized spacial score (nSPS) is 32.0. The first kappa shape index (κ1) is 14.9. The molecule has 9 nitrogen and oxygen atoms in total. The molecule has 0 saturated carbocycles. The summed E-state index contributed by atoms with van der Waals surface area (Å²) >= 11 is 0. The number of nitrogen functional groups attached to an aromatic ring is 1. The summed E-state index contributed by atoms with van der Waals surface area (Å²) < 4.78 is 20.7. The van der Waals surface area contributed by atoms with E-state index >= 15 is 0 Å². The van der Waals surface area contributed by atoms with Gasteiger partial charge in [-0.1, -0.05) is 0 Å². The van der Waals surface area contributed by atoms with E-state index in [-0.39, 0.29) is 11.0 Å². The van der Waals surface area contributed by atoms with Crippen LogP contribution in [0.5, 0.6) is 0 Å². The van der Waals surface area contributed by atoms with Crippen LogP contribution in [0.3, 0.4) is 0 Å². The maximum absolute atomic E-state index is 14.2. The van der Waals surface area contributed by atoms with E-state index in [4.69, 9.17) is 15.6 Å². The summed E-state index contributed by atoms with van der Waals surface area (Å²) in [6, 6.07) is 0. The number of H-pyrrole nitrogens is 1. The summed E-state index contributed by atoms with van der Waals surface area (Å²) in [7, 11) is 0. The van der Waals surface area contributed by atoms with Gasteiger partial charge in [-0.25, -0.2) is 9.37 Å². The minimum atomic E-state index is -1.83. The SMILES string of the molecule is C[C@@]1(O)[C@H](O)[C@@H](CO)O[C@H]1n1cnc2c(=O)[nH]c(N)c(F)c21. The Morgan fingerprint density at radius 2 is 2.32 bits per heavy atom. The van der Waals surface area contributed by atoms with E-state index in [1.165, 1.54) is 6.92 Å². The quantitative estimate of drug-likeness (QED) is 0.451. The van der Waals surface area contributed by atoms with E-state index in [0.717, 1.165) is 10.9 Å². The Bertz CT molecular complexity index is 786. The van der Waals surface area contributed by atoms with Gasteiger partial charge in [0.2, 0.25) is 0 Å². The van der Waals surface area contributed by atoms with E-state index < -0.39 is 47.8 Å². The predicted molar refractivity (Wildman–Crippen MR) is 72.4 cm³/mol. The number of imidazole rings is 1. The molecule has 3 rings (SSSR count). The lowest BCUT2D eigenvalue weighted by molar-refractivity contribution is -0.0949. The fraction of sp³-hybridized carbons (Fsp3) is 0.500. The van der Waals surface area contributed by atoms with Crippen LogP contribution in [0.1, 0.15) is 13.2 Å². The zero-order valence-electron chi connectivity index (χ0n) is 11.5. The van der Waals surface area contributed by atoms with Gasteiger partial charge in [0.1, 0.15) is 29.1 Å². The molecule has 2 aromatic rings. The number of aromatic nitrogens is 3. The number of nitrogens with two attached hydrogens (primary N) is 1. The number of aliphatic hydroxyl groups is 3. The number of nitrogens with one attached hydrogen (secondary N) is 1. The van der Waals surface area contributed by atoms with Gasteiger partial charge in [0.15, 0.2) is 17.6 Å². The number of anilines is 1. The van der Waals surface area contributed by atoms with Crippen molar-refractivity contribution >= 4 is 16.9 Å². The average Bonchev–Trinajstić information content (AvgIpc) is 2.98. The molecule has 6 N–H and O–H groups in total. The fourth-order valence-corrected chi connectivity index (χ4v) is 2.68. The largest absolute Gasteiger partial charge is 0.394 e. The third kappa shape index (κ3) is 1.85. The smallest absolute Gasteiger partial charge is 0.277 e. The molecular weight excluding hydrogens is 299 g/mol. The molecule has 22 heavy (non-hydrogen) atoms. The van der Waals surface area contributed by atoms with E-state index in [1.807, 2.05) is 0 Å². The van der Waals surface area contributed by atoms with Crippen molar-refractivity contribution in [2.75, 3.05) is 12.3 Å². The van der Waals surface area contributed by atoms with Crippen LogP contribution in [0.2, 0.25) is 0 Å². The zero-order chi connectivity index (χ0) is 16.2. The molecule has 0 unspecified atom stereocenters.